The molecule has 0 bridgehead atoms. The lowest BCUT2D eigenvalue weighted by molar-refractivity contribution is -0.121. The normalized spacial score (nSPS) is 15.1. The monoisotopic (exact) mass is 420 g/mol. The van der Waals surface area contributed by atoms with Gasteiger partial charge in [-0.1, -0.05) is 35.0 Å². The first kappa shape index (κ1) is 21.1. The van der Waals surface area contributed by atoms with E-state index in [1.54, 1.807) is 7.11 Å². The Bertz CT molecular complexity index is 1050. The van der Waals surface area contributed by atoms with E-state index in [-0.39, 0.29) is 11.8 Å². The molecular formula is C24H28N4O3. The number of amides is 1. The number of nitrogens with one attached hydrogen (secondary N) is 1. The van der Waals surface area contributed by atoms with Crippen molar-refractivity contribution in [3.8, 4) is 17.1 Å². The van der Waals surface area contributed by atoms with Gasteiger partial charge in [-0.2, -0.15) is 4.98 Å². The van der Waals surface area contributed by atoms with Gasteiger partial charge in [-0.3, -0.25) is 9.69 Å². The second-order valence-corrected chi connectivity index (χ2v) is 8.12. The molecule has 1 aromatic heterocycles. The molecule has 1 saturated heterocycles. The summed E-state index contributed by atoms with van der Waals surface area (Å²) in [6, 6.07) is 13.8. The van der Waals surface area contributed by atoms with Crippen LogP contribution in [-0.2, 0) is 11.3 Å². The fraction of sp³-hybridized carbons (Fsp3) is 0.375. The van der Waals surface area contributed by atoms with E-state index in [9.17, 15) is 4.79 Å². The van der Waals surface area contributed by atoms with Crippen molar-refractivity contribution in [2.24, 2.45) is 5.92 Å². The van der Waals surface area contributed by atoms with Crippen LogP contribution in [0.15, 0.2) is 47.0 Å². The van der Waals surface area contributed by atoms with Crippen molar-refractivity contribution >= 4 is 11.6 Å². The van der Waals surface area contributed by atoms with Crippen LogP contribution in [0.3, 0.4) is 0 Å². The average Bonchev–Trinajstić information content (AvgIpc) is 3.23. The van der Waals surface area contributed by atoms with Crippen molar-refractivity contribution in [3.05, 3.63) is 59.5 Å². The number of likely N-dealkylation sites (tertiary alicyclic amines) is 1. The second-order valence-electron chi connectivity index (χ2n) is 8.12. The smallest absolute Gasteiger partial charge is 0.241 e. The fourth-order valence-electron chi connectivity index (χ4n) is 3.92. The molecular weight excluding hydrogens is 392 g/mol. The third kappa shape index (κ3) is 5.11. The first-order valence-electron chi connectivity index (χ1n) is 10.6. The zero-order valence-electron chi connectivity index (χ0n) is 18.2. The van der Waals surface area contributed by atoms with E-state index in [0.717, 1.165) is 48.3 Å². The maximum atomic E-state index is 12.8. The third-order valence-corrected chi connectivity index (χ3v) is 5.67. The van der Waals surface area contributed by atoms with Crippen molar-refractivity contribution in [2.45, 2.75) is 33.2 Å². The van der Waals surface area contributed by atoms with Gasteiger partial charge in [0, 0.05) is 11.5 Å². The Labute approximate surface area is 182 Å². The molecule has 1 amide bonds. The van der Waals surface area contributed by atoms with E-state index in [2.05, 4.69) is 20.4 Å². The zero-order valence-corrected chi connectivity index (χ0v) is 18.2. The number of aromatic nitrogens is 2. The van der Waals surface area contributed by atoms with Crippen LogP contribution in [0.2, 0.25) is 0 Å². The number of piperidine rings is 1. The minimum absolute atomic E-state index is 0.0213. The van der Waals surface area contributed by atoms with Gasteiger partial charge in [0.2, 0.25) is 17.6 Å². The highest BCUT2D eigenvalue weighted by Crippen LogP contribution is 2.27. The van der Waals surface area contributed by atoms with Gasteiger partial charge in [0.25, 0.3) is 0 Å². The quantitative estimate of drug-likeness (QED) is 0.643. The van der Waals surface area contributed by atoms with Crippen LogP contribution < -0.4 is 10.1 Å². The van der Waals surface area contributed by atoms with Crippen molar-refractivity contribution in [1.29, 1.82) is 0 Å². The first-order valence-corrected chi connectivity index (χ1v) is 10.6. The van der Waals surface area contributed by atoms with E-state index in [1.807, 2.05) is 56.3 Å². The fourth-order valence-corrected chi connectivity index (χ4v) is 3.92. The second kappa shape index (κ2) is 9.31. The Morgan fingerprint density at radius 2 is 1.94 bits per heavy atom. The molecule has 1 aliphatic heterocycles. The molecule has 1 fully saturated rings. The largest absolute Gasteiger partial charge is 0.495 e. The van der Waals surface area contributed by atoms with Gasteiger partial charge < -0.3 is 14.6 Å². The van der Waals surface area contributed by atoms with Crippen LogP contribution in [0.4, 0.5) is 5.69 Å². The summed E-state index contributed by atoms with van der Waals surface area (Å²) in [6.07, 6.45) is 1.58. The molecule has 4 rings (SSSR count). The summed E-state index contributed by atoms with van der Waals surface area (Å²) in [7, 11) is 1.61. The topological polar surface area (TPSA) is 80.5 Å². The Morgan fingerprint density at radius 3 is 2.68 bits per heavy atom. The minimum atomic E-state index is -0.0213. The molecule has 2 heterocycles. The van der Waals surface area contributed by atoms with E-state index in [0.29, 0.717) is 24.0 Å². The Balaban J connectivity index is 1.31. The van der Waals surface area contributed by atoms with Crippen LogP contribution in [0.25, 0.3) is 11.4 Å². The summed E-state index contributed by atoms with van der Waals surface area (Å²) in [4.78, 5) is 19.6. The number of carbonyl (C=O) groups excluding carboxylic acids is 1. The molecule has 0 aliphatic carbocycles. The van der Waals surface area contributed by atoms with E-state index in [1.165, 1.54) is 0 Å². The summed E-state index contributed by atoms with van der Waals surface area (Å²) in [5.41, 5.74) is 3.92. The number of benzene rings is 2. The summed E-state index contributed by atoms with van der Waals surface area (Å²) in [5.74, 6) is 1.91. The van der Waals surface area contributed by atoms with Crippen molar-refractivity contribution in [1.82, 2.24) is 15.0 Å². The number of ether oxygens (including phenoxy) is 1. The number of anilines is 1. The van der Waals surface area contributed by atoms with Gasteiger partial charge in [-0.15, -0.1) is 0 Å². The van der Waals surface area contributed by atoms with Crippen LogP contribution in [0.1, 0.15) is 29.9 Å². The maximum Gasteiger partial charge on any atom is 0.241 e. The third-order valence-electron chi connectivity index (χ3n) is 5.67. The molecule has 31 heavy (non-hydrogen) atoms. The number of carbonyl (C=O) groups is 1. The van der Waals surface area contributed by atoms with E-state index >= 15 is 0 Å². The molecule has 1 N–H and O–H groups in total. The van der Waals surface area contributed by atoms with E-state index in [4.69, 9.17) is 9.26 Å². The highest BCUT2D eigenvalue weighted by molar-refractivity contribution is 5.94. The number of hydrogen-bond acceptors (Lipinski definition) is 6. The highest BCUT2D eigenvalue weighted by Gasteiger charge is 2.26. The Kier molecular flexibility index (Phi) is 6.32. The van der Waals surface area contributed by atoms with Crippen LogP contribution >= 0.6 is 0 Å². The molecule has 3 aromatic rings. The zero-order chi connectivity index (χ0) is 21.8. The maximum absolute atomic E-state index is 12.8. The molecule has 0 saturated carbocycles. The average molecular weight is 421 g/mol. The first-order chi connectivity index (χ1) is 15.0. The van der Waals surface area contributed by atoms with Crippen LogP contribution in [0.5, 0.6) is 5.75 Å². The minimum Gasteiger partial charge on any atom is -0.495 e. The highest BCUT2D eigenvalue weighted by atomic mass is 16.5. The summed E-state index contributed by atoms with van der Waals surface area (Å²) in [5, 5.41) is 7.16. The van der Waals surface area contributed by atoms with Gasteiger partial charge in [-0.25, -0.2) is 0 Å². The lowest BCUT2D eigenvalue weighted by Gasteiger charge is -2.30. The van der Waals surface area contributed by atoms with E-state index < -0.39 is 0 Å². The SMILES string of the molecule is COc1ccc(C)cc1NC(=O)C1CCN(Cc2nc(-c3cccc(C)c3)no2)CC1. The molecule has 1 aliphatic rings. The van der Waals surface area contributed by atoms with Gasteiger partial charge in [0.1, 0.15) is 5.75 Å². The molecule has 0 spiro atoms. The van der Waals surface area contributed by atoms with Crippen LogP contribution in [0, 0.1) is 19.8 Å². The molecule has 2 aromatic carbocycles. The number of methoxy groups -OCH3 is 1. The number of aryl methyl sites for hydroxylation is 2. The summed E-state index contributed by atoms with van der Waals surface area (Å²) < 4.78 is 10.8. The van der Waals surface area contributed by atoms with Crippen molar-refractivity contribution in [2.75, 3.05) is 25.5 Å². The van der Waals surface area contributed by atoms with Crippen molar-refractivity contribution in [3.63, 3.8) is 0 Å². The van der Waals surface area contributed by atoms with Gasteiger partial charge in [0.15, 0.2) is 0 Å². The van der Waals surface area contributed by atoms with Crippen LogP contribution in [-0.4, -0.2) is 41.1 Å². The lowest BCUT2D eigenvalue weighted by atomic mass is 9.95. The predicted octanol–water partition coefficient (Wildman–Crippen LogP) is 4.21. The predicted molar refractivity (Wildman–Crippen MR) is 119 cm³/mol. The molecule has 7 heteroatoms. The number of nitrogens with zero attached hydrogens (tertiary/aromatic N) is 3. The summed E-state index contributed by atoms with van der Waals surface area (Å²) in [6.45, 7) is 6.25. The molecule has 7 nitrogen and oxygen atoms in total. The lowest BCUT2D eigenvalue weighted by Crippen LogP contribution is -2.37. The number of hydrogen-bond donors (Lipinski definition) is 1. The summed E-state index contributed by atoms with van der Waals surface area (Å²) >= 11 is 0. The van der Waals surface area contributed by atoms with Gasteiger partial charge >= 0.3 is 0 Å². The van der Waals surface area contributed by atoms with Gasteiger partial charge in [0.05, 0.1) is 19.3 Å². The molecule has 0 unspecified atom stereocenters. The Hall–Kier alpha value is -3.19. The molecule has 0 atom stereocenters. The standard InChI is InChI=1S/C24H28N4O3/c1-16-5-4-6-19(13-16)23-26-22(31-27-23)15-28-11-9-18(10-12-28)24(29)25-20-14-17(2)7-8-21(20)30-3/h4-8,13-14,18H,9-12,15H2,1-3H3,(H,25,29). The molecule has 162 valence electrons. The van der Waals surface area contributed by atoms with Gasteiger partial charge in [-0.05, 0) is 63.5 Å². The number of rotatable bonds is 6. The molecule has 0 radical (unpaired) electrons. The Morgan fingerprint density at radius 1 is 1.16 bits per heavy atom. The van der Waals surface area contributed by atoms with Crippen molar-refractivity contribution < 1.29 is 14.1 Å².